The van der Waals surface area contributed by atoms with Crippen molar-refractivity contribution in [3.05, 3.63) is 60.4 Å². The lowest BCUT2D eigenvalue weighted by Gasteiger charge is -2.16. The van der Waals surface area contributed by atoms with E-state index in [-0.39, 0.29) is 11.2 Å². The van der Waals surface area contributed by atoms with Gasteiger partial charge in [0.05, 0.1) is 22.9 Å². The monoisotopic (exact) mass is 432 g/mol. The Morgan fingerprint density at radius 1 is 0.968 bits per heavy atom. The Morgan fingerprint density at radius 3 is 2.45 bits per heavy atom. The second-order valence-corrected chi connectivity index (χ2v) is 8.62. The van der Waals surface area contributed by atoms with Crippen LogP contribution >= 0.6 is 11.8 Å². The molecule has 8 heteroatoms. The summed E-state index contributed by atoms with van der Waals surface area (Å²) in [6.07, 6.45) is 0. The summed E-state index contributed by atoms with van der Waals surface area (Å²) in [6.45, 7) is 2.04. The minimum atomic E-state index is -0.0665. The molecule has 0 bridgehead atoms. The van der Waals surface area contributed by atoms with Crippen molar-refractivity contribution in [3.8, 4) is 16.9 Å². The Balaban J connectivity index is 1.77. The number of nitrogen functional groups attached to an aromatic ring is 1. The van der Waals surface area contributed by atoms with Crippen LogP contribution in [-0.2, 0) is 0 Å². The van der Waals surface area contributed by atoms with Gasteiger partial charge in [0.1, 0.15) is 11.6 Å². The van der Waals surface area contributed by atoms with Crippen molar-refractivity contribution in [2.24, 2.45) is 0 Å². The number of ether oxygens (including phenoxy) is 1. The highest BCUT2D eigenvalue weighted by molar-refractivity contribution is 7.99. The molecule has 0 unspecified atom stereocenters. The molecule has 0 saturated carbocycles. The molecular weight excluding hydrogens is 408 g/mol. The molecule has 0 aliphatic heterocycles. The molecule has 0 saturated heterocycles. The summed E-state index contributed by atoms with van der Waals surface area (Å²) in [5.74, 6) is 2.14. The summed E-state index contributed by atoms with van der Waals surface area (Å²) >= 11 is 1.58. The first-order valence-electron chi connectivity index (χ1n) is 9.84. The zero-order valence-corrected chi connectivity index (χ0v) is 18.7. The summed E-state index contributed by atoms with van der Waals surface area (Å²) in [4.78, 5) is 19.8. The number of pyridine rings is 1. The smallest absolute Gasteiger partial charge is 0.229 e. The second kappa shape index (κ2) is 8.77. The molecule has 0 fully saturated rings. The van der Waals surface area contributed by atoms with Gasteiger partial charge in [-0.25, -0.2) is 4.98 Å². The van der Waals surface area contributed by atoms with E-state index in [9.17, 15) is 0 Å². The van der Waals surface area contributed by atoms with Crippen LogP contribution in [0.15, 0.2) is 59.6 Å². The van der Waals surface area contributed by atoms with Gasteiger partial charge in [0.2, 0.25) is 11.9 Å². The predicted octanol–water partition coefficient (Wildman–Crippen LogP) is 4.60. The average molecular weight is 433 g/mol. The van der Waals surface area contributed by atoms with Gasteiger partial charge in [-0.05, 0) is 36.2 Å². The Kier molecular flexibility index (Phi) is 5.90. The fourth-order valence-electron chi connectivity index (χ4n) is 3.24. The summed E-state index contributed by atoms with van der Waals surface area (Å²) in [5, 5.41) is 1.88. The number of anilines is 2. The molecule has 7 nitrogen and oxygen atoms in total. The van der Waals surface area contributed by atoms with Gasteiger partial charge < -0.3 is 15.4 Å². The van der Waals surface area contributed by atoms with Gasteiger partial charge in [0.15, 0.2) is 0 Å². The Labute approximate surface area is 185 Å². The second-order valence-electron chi connectivity index (χ2n) is 7.26. The topological polar surface area (TPSA) is 90.0 Å². The van der Waals surface area contributed by atoms with E-state index in [0.717, 1.165) is 32.8 Å². The Morgan fingerprint density at radius 2 is 1.74 bits per heavy atom. The summed E-state index contributed by atoms with van der Waals surface area (Å²) in [5.41, 5.74) is 9.03. The average Bonchev–Trinajstić information content (AvgIpc) is 2.78. The van der Waals surface area contributed by atoms with Gasteiger partial charge in [-0.2, -0.15) is 15.0 Å². The van der Waals surface area contributed by atoms with Gasteiger partial charge in [-0.3, -0.25) is 0 Å². The third kappa shape index (κ3) is 4.54. The fraction of sp³-hybridized carbons (Fsp3) is 0.217. The molecule has 0 aliphatic rings. The van der Waals surface area contributed by atoms with Gasteiger partial charge in [0.25, 0.3) is 0 Å². The van der Waals surface area contributed by atoms with Crippen LogP contribution in [0.1, 0.15) is 18.0 Å². The van der Waals surface area contributed by atoms with Gasteiger partial charge in [0, 0.05) is 25.5 Å². The van der Waals surface area contributed by atoms with E-state index < -0.39 is 0 Å². The van der Waals surface area contributed by atoms with Gasteiger partial charge >= 0.3 is 0 Å². The lowest BCUT2D eigenvalue weighted by molar-refractivity contribution is 0.415. The molecule has 0 amide bonds. The van der Waals surface area contributed by atoms with Crippen LogP contribution in [0, 0.1) is 0 Å². The summed E-state index contributed by atoms with van der Waals surface area (Å²) < 4.78 is 5.41. The number of nitrogens with zero attached hydrogens (tertiary/aromatic N) is 5. The van der Waals surface area contributed by atoms with Crippen LogP contribution in [0.2, 0.25) is 0 Å². The molecular formula is C23H24N6OS. The molecule has 2 aromatic carbocycles. The number of hydrogen-bond acceptors (Lipinski definition) is 8. The van der Waals surface area contributed by atoms with Crippen molar-refractivity contribution >= 4 is 34.6 Å². The highest BCUT2D eigenvalue weighted by Crippen LogP contribution is 2.38. The van der Waals surface area contributed by atoms with Crippen LogP contribution in [-0.4, -0.2) is 41.1 Å². The maximum absolute atomic E-state index is 5.91. The standard InChI is InChI=1S/C23H24N6OS/c1-14(21-26-22(24)28-23(27-21)29(2)3)31-20-13-18(15-8-6-5-7-9-15)17-11-10-16(30-4)12-19(17)25-20/h5-14H,1-4H3,(H2,24,26,27,28)/t14-/m0/s1. The molecule has 31 heavy (non-hydrogen) atoms. The molecule has 2 aromatic heterocycles. The Hall–Kier alpha value is -3.39. The fourth-order valence-corrected chi connectivity index (χ4v) is 4.15. The minimum absolute atomic E-state index is 0.0665. The Bertz CT molecular complexity index is 1220. The predicted molar refractivity (Wildman–Crippen MR) is 127 cm³/mol. The van der Waals surface area contributed by atoms with Gasteiger partial charge in [-0.1, -0.05) is 42.1 Å². The normalized spacial score (nSPS) is 12.0. The molecule has 4 aromatic rings. The zero-order chi connectivity index (χ0) is 22.0. The lowest BCUT2D eigenvalue weighted by atomic mass is 10.0. The SMILES string of the molecule is COc1ccc2c(-c3ccccc3)cc(S[C@@H](C)c3nc(N)nc(N(C)C)n3)nc2c1. The van der Waals surface area contributed by atoms with Crippen molar-refractivity contribution in [2.75, 3.05) is 31.8 Å². The van der Waals surface area contributed by atoms with Crippen molar-refractivity contribution < 1.29 is 4.74 Å². The molecule has 1 atom stereocenters. The molecule has 0 radical (unpaired) electrons. The van der Waals surface area contributed by atoms with Crippen molar-refractivity contribution in [3.63, 3.8) is 0 Å². The third-order valence-corrected chi connectivity index (χ3v) is 5.81. The summed E-state index contributed by atoms with van der Waals surface area (Å²) in [7, 11) is 5.41. The first kappa shape index (κ1) is 20.9. The number of rotatable bonds is 6. The van der Waals surface area contributed by atoms with Crippen LogP contribution in [0.5, 0.6) is 5.75 Å². The van der Waals surface area contributed by atoms with Crippen molar-refractivity contribution in [2.45, 2.75) is 17.2 Å². The first-order chi connectivity index (χ1) is 14.9. The van der Waals surface area contributed by atoms with Crippen LogP contribution in [0.3, 0.4) is 0 Å². The van der Waals surface area contributed by atoms with Crippen LogP contribution in [0.4, 0.5) is 11.9 Å². The number of aromatic nitrogens is 4. The number of benzene rings is 2. The molecule has 0 aliphatic carbocycles. The van der Waals surface area contributed by atoms with Gasteiger partial charge in [-0.15, -0.1) is 0 Å². The van der Waals surface area contributed by atoms with E-state index in [4.69, 9.17) is 15.5 Å². The molecule has 2 N–H and O–H groups in total. The maximum Gasteiger partial charge on any atom is 0.229 e. The number of thioether (sulfide) groups is 1. The summed E-state index contributed by atoms with van der Waals surface area (Å²) in [6, 6.07) is 18.4. The van der Waals surface area contributed by atoms with E-state index in [1.807, 2.05) is 56.3 Å². The van der Waals surface area contributed by atoms with E-state index in [1.54, 1.807) is 18.9 Å². The van der Waals surface area contributed by atoms with E-state index in [2.05, 4.69) is 39.2 Å². The molecule has 0 spiro atoms. The maximum atomic E-state index is 5.91. The van der Waals surface area contributed by atoms with Crippen LogP contribution < -0.4 is 15.4 Å². The molecule has 158 valence electrons. The zero-order valence-electron chi connectivity index (χ0n) is 17.9. The van der Waals surface area contributed by atoms with E-state index in [1.165, 1.54) is 0 Å². The van der Waals surface area contributed by atoms with E-state index >= 15 is 0 Å². The number of hydrogen-bond donors (Lipinski definition) is 1. The van der Waals surface area contributed by atoms with Crippen LogP contribution in [0.25, 0.3) is 22.0 Å². The largest absolute Gasteiger partial charge is 0.497 e. The number of fused-ring (bicyclic) bond motifs is 1. The first-order valence-corrected chi connectivity index (χ1v) is 10.7. The quantitative estimate of drug-likeness (QED) is 0.442. The van der Waals surface area contributed by atoms with Crippen molar-refractivity contribution in [1.82, 2.24) is 19.9 Å². The highest BCUT2D eigenvalue weighted by atomic mass is 32.2. The molecule has 2 heterocycles. The lowest BCUT2D eigenvalue weighted by Crippen LogP contribution is -2.16. The molecule has 4 rings (SSSR count). The highest BCUT2D eigenvalue weighted by Gasteiger charge is 2.17. The van der Waals surface area contributed by atoms with E-state index in [0.29, 0.717) is 11.8 Å². The van der Waals surface area contributed by atoms with Crippen molar-refractivity contribution in [1.29, 1.82) is 0 Å². The third-order valence-electron chi connectivity index (χ3n) is 4.80. The number of methoxy groups -OCH3 is 1. The minimum Gasteiger partial charge on any atom is -0.497 e. The number of nitrogens with two attached hydrogens (primary N) is 1.